The van der Waals surface area contributed by atoms with Crippen LogP contribution >= 0.6 is 7.82 Å². The van der Waals surface area contributed by atoms with Crippen molar-refractivity contribution < 1.29 is 37.9 Å². The summed E-state index contributed by atoms with van der Waals surface area (Å²) in [5, 5.41) is 12.7. The third kappa shape index (κ3) is 50.3. The number of amides is 1. The average Bonchev–Trinajstić information content (AvgIpc) is 3.27. The fraction of sp³-hybridized carbons (Fsp3) is 0.736. The smallest absolute Gasteiger partial charge is 0.463 e. The number of hydrogen-bond acceptors (Lipinski definition) is 7. The molecule has 0 saturated heterocycles. The van der Waals surface area contributed by atoms with E-state index < -0.39 is 26.5 Å². The molecule has 0 rings (SSSR count). The molecule has 2 atom stereocenters. The Morgan fingerprint density at radius 3 is 1.29 bits per heavy atom. The van der Waals surface area contributed by atoms with E-state index in [-0.39, 0.29) is 32.1 Å². The van der Waals surface area contributed by atoms with E-state index in [9.17, 15) is 24.2 Å². The minimum atomic E-state index is -4.43. The molecule has 3 N–H and O–H groups in total. The number of unbranched alkanes of at least 4 members (excludes halogenated alkanes) is 22. The van der Waals surface area contributed by atoms with Gasteiger partial charge in [-0.3, -0.25) is 18.6 Å². The van der Waals surface area contributed by atoms with E-state index in [0.29, 0.717) is 6.42 Å². The Balaban J connectivity index is 3.61. The molecule has 0 aliphatic rings. The number of esters is 1. The van der Waals surface area contributed by atoms with E-state index in [1.807, 2.05) is 0 Å². The van der Waals surface area contributed by atoms with Gasteiger partial charge in [0.05, 0.1) is 13.2 Å². The van der Waals surface area contributed by atoms with Crippen molar-refractivity contribution in [3.05, 3.63) is 72.9 Å². The lowest BCUT2D eigenvalue weighted by atomic mass is 10.1. The highest BCUT2D eigenvalue weighted by molar-refractivity contribution is 7.47. The minimum Gasteiger partial charge on any atom is -0.463 e. The number of hydrogen-bond donors (Lipinski definition) is 3. The number of carbonyl (C=O) groups is 2. The van der Waals surface area contributed by atoms with Crippen LogP contribution in [-0.4, -0.2) is 54.3 Å². The van der Waals surface area contributed by atoms with Crippen molar-refractivity contribution in [2.24, 2.45) is 0 Å². The summed E-state index contributed by atoms with van der Waals surface area (Å²) < 4.78 is 27.0. The maximum atomic E-state index is 12.1. The van der Waals surface area contributed by atoms with Crippen LogP contribution in [0.1, 0.15) is 219 Å². The zero-order valence-electron chi connectivity index (χ0n) is 40.3. The monoisotopic (exact) mass is 904 g/mol. The maximum Gasteiger partial charge on any atom is 0.472 e. The van der Waals surface area contributed by atoms with Gasteiger partial charge in [0.15, 0.2) is 0 Å². The van der Waals surface area contributed by atoms with Crippen LogP contribution < -0.4 is 5.32 Å². The maximum absolute atomic E-state index is 12.1. The van der Waals surface area contributed by atoms with Gasteiger partial charge < -0.3 is 20.1 Å². The second-order valence-electron chi connectivity index (χ2n) is 16.8. The van der Waals surface area contributed by atoms with Gasteiger partial charge in [-0.15, -0.1) is 0 Å². The molecule has 0 spiro atoms. The van der Waals surface area contributed by atoms with Gasteiger partial charge >= 0.3 is 13.8 Å². The van der Waals surface area contributed by atoms with E-state index in [1.165, 1.54) is 122 Å². The fourth-order valence-electron chi connectivity index (χ4n) is 6.75. The number of aliphatic hydroxyl groups is 1. The van der Waals surface area contributed by atoms with Crippen LogP contribution in [0.5, 0.6) is 0 Å². The lowest BCUT2D eigenvalue weighted by molar-refractivity contribution is -0.147. The fourth-order valence-corrected chi connectivity index (χ4v) is 7.50. The van der Waals surface area contributed by atoms with Crippen LogP contribution in [0.15, 0.2) is 72.9 Å². The standard InChI is InChI=1S/C53H94NO8P/c1-3-5-7-9-11-13-15-17-19-21-23-24-25-26-28-29-31-33-35-37-39-41-43-45-52(56)54-47-48-61-63(58,59)62-50-51(55)49-60-53(57)46-44-42-40-38-36-34-32-30-27-22-20-18-16-14-12-10-8-6-4-2/h11-14,17-20,23-24,26,28,51,55H,3-10,15-16,21-22,25,27,29-50H2,1-2H3,(H,54,56)(H,58,59)/b13-11-,14-12-,19-17-,20-18-,24-23-,28-26-. The summed E-state index contributed by atoms with van der Waals surface area (Å²) in [6.07, 6.45) is 61.2. The number of nitrogens with one attached hydrogen (secondary N) is 1. The molecule has 0 radical (unpaired) electrons. The van der Waals surface area contributed by atoms with Crippen LogP contribution in [0.25, 0.3) is 0 Å². The number of carbonyl (C=O) groups excluding carboxylic acids is 2. The highest BCUT2D eigenvalue weighted by atomic mass is 31.2. The van der Waals surface area contributed by atoms with Gasteiger partial charge in [0.25, 0.3) is 0 Å². The van der Waals surface area contributed by atoms with E-state index in [0.717, 1.165) is 70.6 Å². The summed E-state index contributed by atoms with van der Waals surface area (Å²) in [6.45, 7) is 3.49. The molecule has 0 aromatic rings. The molecule has 0 aliphatic heterocycles. The minimum absolute atomic E-state index is 0.0717. The van der Waals surface area contributed by atoms with Crippen LogP contribution in [0.4, 0.5) is 0 Å². The zero-order valence-corrected chi connectivity index (χ0v) is 41.1. The van der Waals surface area contributed by atoms with Gasteiger partial charge in [-0.05, 0) is 89.9 Å². The molecule has 0 fully saturated rings. The number of phosphoric acid groups is 1. The van der Waals surface area contributed by atoms with Crippen molar-refractivity contribution in [1.82, 2.24) is 5.32 Å². The molecule has 9 nitrogen and oxygen atoms in total. The van der Waals surface area contributed by atoms with Crippen molar-refractivity contribution >= 4 is 19.7 Å². The molecular weight excluding hydrogens is 810 g/mol. The quantitative estimate of drug-likeness (QED) is 0.0238. The lowest BCUT2D eigenvalue weighted by Gasteiger charge is -2.15. The summed E-state index contributed by atoms with van der Waals surface area (Å²) in [6, 6.07) is 0. The normalized spacial score (nSPS) is 13.8. The molecule has 0 saturated carbocycles. The molecule has 1 amide bonds. The van der Waals surface area contributed by atoms with Crippen molar-refractivity contribution in [2.45, 2.75) is 225 Å². The van der Waals surface area contributed by atoms with Gasteiger partial charge in [0.1, 0.15) is 12.7 Å². The Kier molecular flexibility index (Phi) is 46.9. The number of phosphoric ester groups is 1. The summed E-state index contributed by atoms with van der Waals surface area (Å²) in [5.41, 5.74) is 0. The first-order chi connectivity index (χ1) is 30.8. The zero-order chi connectivity index (χ0) is 46.0. The Labute approximate surface area is 386 Å². The van der Waals surface area contributed by atoms with Gasteiger partial charge in [-0.2, -0.15) is 0 Å². The van der Waals surface area contributed by atoms with Gasteiger partial charge in [-0.1, -0.05) is 189 Å². The molecule has 364 valence electrons. The summed E-state index contributed by atoms with van der Waals surface area (Å²) in [4.78, 5) is 34.1. The Bertz CT molecular complexity index is 1260. The molecule has 0 aliphatic carbocycles. The SMILES string of the molecule is CCCCC/C=C\C/C=C\C/C=C\C/C=C\CCCCCCCCCC(=O)NCCOP(=O)(O)OCC(O)COC(=O)CCCCCCCCCCC/C=C\C/C=C\CCCCC. The summed E-state index contributed by atoms with van der Waals surface area (Å²) in [5.74, 6) is -0.532. The number of allylic oxidation sites excluding steroid dienone is 12. The number of aliphatic hydroxyl groups excluding tert-OH is 1. The van der Waals surface area contributed by atoms with Crippen LogP contribution in [0, 0.1) is 0 Å². The van der Waals surface area contributed by atoms with E-state index in [1.54, 1.807) is 0 Å². The van der Waals surface area contributed by atoms with Crippen molar-refractivity contribution in [2.75, 3.05) is 26.4 Å². The Morgan fingerprint density at radius 2 is 0.857 bits per heavy atom. The first-order valence-corrected chi connectivity index (χ1v) is 26.9. The van der Waals surface area contributed by atoms with Gasteiger partial charge in [-0.25, -0.2) is 4.57 Å². The lowest BCUT2D eigenvalue weighted by Crippen LogP contribution is -2.27. The van der Waals surface area contributed by atoms with E-state index in [2.05, 4.69) is 92.1 Å². The van der Waals surface area contributed by atoms with Crippen molar-refractivity contribution in [3.63, 3.8) is 0 Å². The predicted molar refractivity (Wildman–Crippen MR) is 266 cm³/mol. The molecule has 2 unspecified atom stereocenters. The molecule has 0 heterocycles. The molecule has 0 bridgehead atoms. The average molecular weight is 904 g/mol. The number of ether oxygens (including phenoxy) is 1. The third-order valence-corrected chi connectivity index (χ3v) is 11.6. The van der Waals surface area contributed by atoms with Crippen LogP contribution in [-0.2, 0) is 27.9 Å². The first kappa shape index (κ1) is 60.5. The predicted octanol–water partition coefficient (Wildman–Crippen LogP) is 15.0. The van der Waals surface area contributed by atoms with E-state index in [4.69, 9.17) is 13.8 Å². The second kappa shape index (κ2) is 48.9. The highest BCUT2D eigenvalue weighted by Crippen LogP contribution is 2.42. The van der Waals surface area contributed by atoms with Crippen molar-refractivity contribution in [3.8, 4) is 0 Å². The van der Waals surface area contributed by atoms with Gasteiger partial charge in [0, 0.05) is 19.4 Å². The Hall–Kier alpha value is -2.55. The summed E-state index contributed by atoms with van der Waals surface area (Å²) >= 11 is 0. The molecule has 0 aromatic carbocycles. The van der Waals surface area contributed by atoms with E-state index >= 15 is 0 Å². The van der Waals surface area contributed by atoms with Crippen molar-refractivity contribution in [1.29, 1.82) is 0 Å². The third-order valence-electron chi connectivity index (χ3n) is 10.6. The topological polar surface area (TPSA) is 131 Å². The molecular formula is C53H94NO8P. The molecule has 0 aromatic heterocycles. The first-order valence-electron chi connectivity index (χ1n) is 25.4. The number of rotatable bonds is 47. The summed E-state index contributed by atoms with van der Waals surface area (Å²) in [7, 11) is -4.43. The van der Waals surface area contributed by atoms with Gasteiger partial charge in [0.2, 0.25) is 5.91 Å². The molecule has 63 heavy (non-hydrogen) atoms. The largest absolute Gasteiger partial charge is 0.472 e. The molecule has 10 heteroatoms. The van der Waals surface area contributed by atoms with Crippen LogP contribution in [0.3, 0.4) is 0 Å². The van der Waals surface area contributed by atoms with Crippen LogP contribution in [0.2, 0.25) is 0 Å². The Morgan fingerprint density at radius 1 is 0.492 bits per heavy atom. The second-order valence-corrected chi connectivity index (χ2v) is 18.2. The highest BCUT2D eigenvalue weighted by Gasteiger charge is 2.23.